The summed E-state index contributed by atoms with van der Waals surface area (Å²) in [5, 5.41) is 5.25. The first-order valence-corrected chi connectivity index (χ1v) is 10.1. The zero-order valence-electron chi connectivity index (χ0n) is 18.3. The monoisotopic (exact) mass is 473 g/mol. The number of anilines is 2. The summed E-state index contributed by atoms with van der Waals surface area (Å²) >= 11 is 0. The number of nitrogens with one attached hydrogen (secondary N) is 2. The van der Waals surface area contributed by atoms with Crippen LogP contribution in [0.3, 0.4) is 0 Å². The van der Waals surface area contributed by atoms with Crippen LogP contribution in [0.2, 0.25) is 0 Å². The molecule has 0 fully saturated rings. The minimum absolute atomic E-state index is 0.171. The zero-order chi connectivity index (χ0) is 24.9. The fourth-order valence-electron chi connectivity index (χ4n) is 2.88. The molecule has 34 heavy (non-hydrogen) atoms. The van der Waals surface area contributed by atoms with Crippen LogP contribution in [-0.4, -0.2) is 33.9 Å². The van der Waals surface area contributed by atoms with E-state index < -0.39 is 29.2 Å². The van der Waals surface area contributed by atoms with Crippen LogP contribution in [0.15, 0.2) is 60.8 Å². The van der Waals surface area contributed by atoms with E-state index in [0.29, 0.717) is 11.3 Å². The molecule has 1 aromatic heterocycles. The quantitative estimate of drug-likeness (QED) is 0.460. The number of aromatic nitrogens is 2. The van der Waals surface area contributed by atoms with E-state index in [1.807, 2.05) is 0 Å². The van der Waals surface area contributed by atoms with Crippen molar-refractivity contribution in [1.29, 1.82) is 0 Å². The second kappa shape index (κ2) is 9.77. The van der Waals surface area contributed by atoms with Crippen molar-refractivity contribution in [1.82, 2.24) is 15.3 Å². The van der Waals surface area contributed by atoms with Crippen molar-refractivity contribution in [3.63, 3.8) is 0 Å². The average Bonchev–Trinajstić information content (AvgIpc) is 2.79. The van der Waals surface area contributed by atoms with Crippen LogP contribution >= 0.6 is 0 Å². The van der Waals surface area contributed by atoms with E-state index in [2.05, 4.69) is 20.6 Å². The summed E-state index contributed by atoms with van der Waals surface area (Å²) in [7, 11) is 0. The number of benzene rings is 2. The maximum Gasteiger partial charge on any atom is 0.433 e. The van der Waals surface area contributed by atoms with Gasteiger partial charge in [-0.05, 0) is 49.7 Å². The summed E-state index contributed by atoms with van der Waals surface area (Å²) in [6.45, 7) is 2.89. The molecule has 2 aromatic carbocycles. The molecule has 0 radical (unpaired) electrons. The minimum Gasteiger partial charge on any atom is -0.491 e. The number of rotatable bonds is 8. The first-order valence-electron chi connectivity index (χ1n) is 10.1. The largest absolute Gasteiger partial charge is 0.491 e. The van der Waals surface area contributed by atoms with Gasteiger partial charge in [-0.3, -0.25) is 9.59 Å². The number of para-hydroxylation sites is 1. The van der Waals surface area contributed by atoms with Crippen molar-refractivity contribution in [3.05, 3.63) is 77.6 Å². The van der Waals surface area contributed by atoms with E-state index in [4.69, 9.17) is 10.5 Å². The summed E-state index contributed by atoms with van der Waals surface area (Å²) in [6, 6.07) is 14.0. The molecular weight excluding hydrogens is 451 g/mol. The van der Waals surface area contributed by atoms with Gasteiger partial charge < -0.3 is 21.1 Å². The summed E-state index contributed by atoms with van der Waals surface area (Å²) < 4.78 is 44.3. The molecular formula is C23H22F3N5O3. The van der Waals surface area contributed by atoms with Crippen LogP contribution in [0.25, 0.3) is 0 Å². The van der Waals surface area contributed by atoms with Gasteiger partial charge >= 0.3 is 6.18 Å². The Morgan fingerprint density at radius 1 is 1.09 bits per heavy atom. The van der Waals surface area contributed by atoms with Crippen molar-refractivity contribution in [2.75, 3.05) is 11.9 Å². The Labute approximate surface area is 193 Å². The number of hydrogen-bond acceptors (Lipinski definition) is 6. The Balaban J connectivity index is 1.79. The highest BCUT2D eigenvalue weighted by Gasteiger charge is 2.35. The van der Waals surface area contributed by atoms with Gasteiger partial charge in [0.25, 0.3) is 5.91 Å². The normalized spacial score (nSPS) is 13.0. The van der Waals surface area contributed by atoms with Crippen molar-refractivity contribution < 1.29 is 27.5 Å². The van der Waals surface area contributed by atoms with Gasteiger partial charge in [-0.2, -0.15) is 13.2 Å². The summed E-state index contributed by atoms with van der Waals surface area (Å²) in [5.41, 5.74) is 3.89. The first-order chi connectivity index (χ1) is 16.0. The molecule has 11 heteroatoms. The molecule has 0 bridgehead atoms. The number of nitrogens with two attached hydrogens (primary N) is 1. The van der Waals surface area contributed by atoms with Crippen LogP contribution in [0, 0.1) is 6.92 Å². The van der Waals surface area contributed by atoms with Gasteiger partial charge in [0.05, 0.1) is 0 Å². The maximum atomic E-state index is 13.0. The molecule has 0 spiro atoms. The zero-order valence-corrected chi connectivity index (χ0v) is 18.3. The van der Waals surface area contributed by atoms with E-state index in [0.717, 1.165) is 12.3 Å². The third-order valence-electron chi connectivity index (χ3n) is 4.89. The first kappa shape index (κ1) is 24.5. The lowest BCUT2D eigenvalue weighted by Crippen LogP contribution is -2.59. The molecule has 8 nitrogen and oxygen atoms in total. The van der Waals surface area contributed by atoms with E-state index in [9.17, 15) is 22.8 Å². The Morgan fingerprint density at radius 2 is 1.79 bits per heavy atom. The fourth-order valence-corrected chi connectivity index (χ4v) is 2.88. The molecule has 1 unspecified atom stereocenters. The third kappa shape index (κ3) is 6.00. The van der Waals surface area contributed by atoms with E-state index in [-0.39, 0.29) is 23.8 Å². The number of nitrogens with zero attached hydrogens (tertiary/aromatic N) is 2. The second-order valence-electron chi connectivity index (χ2n) is 7.67. The highest BCUT2D eigenvalue weighted by atomic mass is 19.4. The number of aryl methyl sites for hydroxylation is 1. The van der Waals surface area contributed by atoms with E-state index >= 15 is 0 Å². The number of carbonyl (C=O) groups is 2. The van der Waals surface area contributed by atoms with Gasteiger partial charge in [0.2, 0.25) is 11.9 Å². The van der Waals surface area contributed by atoms with Crippen LogP contribution in [0.5, 0.6) is 5.75 Å². The molecule has 0 aliphatic heterocycles. The third-order valence-corrected chi connectivity index (χ3v) is 4.89. The minimum atomic E-state index is -4.63. The lowest BCUT2D eigenvalue weighted by Gasteiger charge is -2.27. The molecule has 178 valence electrons. The van der Waals surface area contributed by atoms with Crippen molar-refractivity contribution in [3.8, 4) is 5.75 Å². The SMILES string of the molecule is Cc1ccc(Nc2nccc(C(F)(F)F)n2)cc1C(=O)NC(C)(COc1ccccc1)C(N)=O. The Kier molecular flexibility index (Phi) is 7.04. The van der Waals surface area contributed by atoms with Gasteiger partial charge in [0.15, 0.2) is 5.54 Å². The second-order valence-corrected chi connectivity index (χ2v) is 7.67. The standard InChI is InChI=1S/C23H22F3N5O3/c1-14-8-9-15(29-21-28-11-10-18(30-21)23(24,25)26)12-17(14)19(32)31-22(2,20(27)33)13-34-16-6-4-3-5-7-16/h3-12H,13H2,1-2H3,(H2,27,33)(H,31,32)(H,28,29,30). The fraction of sp³-hybridized carbons (Fsp3) is 0.217. The number of carbonyl (C=O) groups excluding carboxylic acids is 2. The Bertz CT molecular complexity index is 1190. The molecule has 0 aliphatic carbocycles. The number of alkyl halides is 3. The number of primary amides is 1. The van der Waals surface area contributed by atoms with E-state index in [1.165, 1.54) is 13.0 Å². The van der Waals surface area contributed by atoms with Gasteiger partial charge in [-0.25, -0.2) is 9.97 Å². The highest BCUT2D eigenvalue weighted by Crippen LogP contribution is 2.28. The number of amides is 2. The molecule has 4 N–H and O–H groups in total. The molecule has 0 aliphatic rings. The van der Waals surface area contributed by atoms with Crippen LogP contribution in [0.4, 0.5) is 24.8 Å². The average molecular weight is 473 g/mol. The Hall–Kier alpha value is -4.15. The van der Waals surface area contributed by atoms with Gasteiger partial charge in [0.1, 0.15) is 18.1 Å². The highest BCUT2D eigenvalue weighted by molar-refractivity contribution is 6.00. The summed E-state index contributed by atoms with van der Waals surface area (Å²) in [4.78, 5) is 32.4. The van der Waals surface area contributed by atoms with Gasteiger partial charge in [-0.15, -0.1) is 0 Å². The van der Waals surface area contributed by atoms with Crippen LogP contribution in [-0.2, 0) is 11.0 Å². The molecule has 1 heterocycles. The molecule has 3 aromatic rings. The molecule has 0 saturated carbocycles. The number of ether oxygens (including phenoxy) is 1. The number of hydrogen-bond donors (Lipinski definition) is 3. The smallest absolute Gasteiger partial charge is 0.433 e. The molecule has 1 atom stereocenters. The molecule has 0 saturated heterocycles. The summed E-state index contributed by atoms with van der Waals surface area (Å²) in [6.07, 6.45) is -3.65. The predicted molar refractivity (Wildman–Crippen MR) is 118 cm³/mol. The Morgan fingerprint density at radius 3 is 2.44 bits per heavy atom. The maximum absolute atomic E-state index is 13.0. The topological polar surface area (TPSA) is 119 Å². The predicted octanol–water partition coefficient (Wildman–Crippen LogP) is 3.60. The van der Waals surface area contributed by atoms with Crippen molar-refractivity contribution >= 4 is 23.5 Å². The van der Waals surface area contributed by atoms with E-state index in [1.54, 1.807) is 49.4 Å². The number of halogens is 3. The van der Waals surface area contributed by atoms with Gasteiger partial charge in [0, 0.05) is 17.4 Å². The molecule has 2 amide bonds. The van der Waals surface area contributed by atoms with Crippen molar-refractivity contribution in [2.45, 2.75) is 25.6 Å². The van der Waals surface area contributed by atoms with Crippen molar-refractivity contribution in [2.24, 2.45) is 5.73 Å². The summed E-state index contributed by atoms with van der Waals surface area (Å²) in [5.74, 6) is -1.22. The molecule has 3 rings (SSSR count). The van der Waals surface area contributed by atoms with Crippen LogP contribution < -0.4 is 21.1 Å². The van der Waals surface area contributed by atoms with Gasteiger partial charge in [-0.1, -0.05) is 24.3 Å². The lowest BCUT2D eigenvalue weighted by molar-refractivity contribution is -0.141. The lowest BCUT2D eigenvalue weighted by atomic mass is 10.0. The van der Waals surface area contributed by atoms with Crippen LogP contribution in [0.1, 0.15) is 28.5 Å².